The van der Waals surface area contributed by atoms with Gasteiger partial charge in [0.25, 0.3) is 0 Å². The average Bonchev–Trinajstić information content (AvgIpc) is 2.18. The second-order valence-corrected chi connectivity index (χ2v) is 4.65. The van der Waals surface area contributed by atoms with Gasteiger partial charge in [-0.1, -0.05) is 5.11 Å². The van der Waals surface area contributed by atoms with E-state index in [4.69, 9.17) is 10.3 Å². The first-order chi connectivity index (χ1) is 7.83. The molecule has 8 nitrogen and oxygen atoms in total. The van der Waals surface area contributed by atoms with Gasteiger partial charge in [0, 0.05) is 11.5 Å². The summed E-state index contributed by atoms with van der Waals surface area (Å²) in [6, 6.07) is -1.07. The van der Waals surface area contributed by atoms with E-state index in [0.717, 1.165) is 0 Å². The SMILES string of the molecule is CC(C)(C)OC(=O)N[C@H]1C(=O)N[C@H]1CN=[N+]=[N-]. The smallest absolute Gasteiger partial charge is 0.408 e. The lowest BCUT2D eigenvalue weighted by molar-refractivity contribution is -0.131. The number of alkyl carbamates (subject to hydrolysis) is 1. The summed E-state index contributed by atoms with van der Waals surface area (Å²) in [6.45, 7) is 5.28. The fourth-order valence-electron chi connectivity index (χ4n) is 1.32. The number of rotatable bonds is 3. The van der Waals surface area contributed by atoms with E-state index >= 15 is 0 Å². The number of β-lactam (4-membered cyclic amide) rings is 1. The van der Waals surface area contributed by atoms with Crippen LogP contribution in [0.2, 0.25) is 0 Å². The van der Waals surface area contributed by atoms with Crippen molar-refractivity contribution < 1.29 is 14.3 Å². The first kappa shape index (κ1) is 13.1. The van der Waals surface area contributed by atoms with Crippen LogP contribution in [0.3, 0.4) is 0 Å². The molecule has 0 aromatic carbocycles. The molecular weight excluding hydrogens is 226 g/mol. The van der Waals surface area contributed by atoms with Crippen LogP contribution >= 0.6 is 0 Å². The molecule has 1 aliphatic heterocycles. The lowest BCUT2D eigenvalue weighted by Gasteiger charge is -2.36. The van der Waals surface area contributed by atoms with E-state index in [2.05, 4.69) is 20.7 Å². The van der Waals surface area contributed by atoms with Crippen LogP contribution in [0.4, 0.5) is 4.79 Å². The number of carbonyl (C=O) groups is 2. The molecule has 94 valence electrons. The van der Waals surface area contributed by atoms with Gasteiger partial charge in [-0.05, 0) is 26.3 Å². The maximum absolute atomic E-state index is 11.4. The van der Waals surface area contributed by atoms with Crippen molar-refractivity contribution in [1.82, 2.24) is 10.6 Å². The standard InChI is InChI=1S/C9H15N5O3/c1-9(2,3)17-8(16)13-6-5(4-11-14-10)12-7(6)15/h5-6H,4H2,1-3H3,(H,12,15)(H,13,16)/t5-,6+/m0/s1. The summed E-state index contributed by atoms with van der Waals surface area (Å²) in [5, 5.41) is 8.28. The minimum atomic E-state index is -0.699. The number of azide groups is 1. The Morgan fingerprint density at radius 1 is 1.65 bits per heavy atom. The van der Waals surface area contributed by atoms with Gasteiger partial charge in [-0.3, -0.25) is 4.79 Å². The monoisotopic (exact) mass is 241 g/mol. The lowest BCUT2D eigenvalue weighted by atomic mass is 9.99. The third kappa shape index (κ3) is 3.84. The zero-order valence-electron chi connectivity index (χ0n) is 9.93. The normalized spacial score (nSPS) is 22.9. The fourth-order valence-corrected chi connectivity index (χ4v) is 1.32. The molecule has 1 saturated heterocycles. The first-order valence-electron chi connectivity index (χ1n) is 5.14. The van der Waals surface area contributed by atoms with E-state index in [1.54, 1.807) is 20.8 Å². The van der Waals surface area contributed by atoms with Gasteiger partial charge in [-0.15, -0.1) is 0 Å². The van der Waals surface area contributed by atoms with Crippen LogP contribution in [0.5, 0.6) is 0 Å². The van der Waals surface area contributed by atoms with Crippen molar-refractivity contribution in [3.63, 3.8) is 0 Å². The molecule has 1 aliphatic rings. The molecule has 1 fully saturated rings. The summed E-state index contributed by atoms with van der Waals surface area (Å²) >= 11 is 0. The zero-order chi connectivity index (χ0) is 13.1. The number of ether oxygens (including phenoxy) is 1. The molecule has 17 heavy (non-hydrogen) atoms. The summed E-state index contributed by atoms with van der Waals surface area (Å²) in [6.07, 6.45) is -0.664. The highest BCUT2D eigenvalue weighted by Crippen LogP contribution is 2.10. The minimum Gasteiger partial charge on any atom is -0.444 e. The molecule has 0 aromatic rings. The van der Waals surface area contributed by atoms with Crippen LogP contribution in [0.25, 0.3) is 10.4 Å². The van der Waals surface area contributed by atoms with Crippen LogP contribution in [0.1, 0.15) is 20.8 Å². The molecule has 2 N–H and O–H groups in total. The predicted molar refractivity (Wildman–Crippen MR) is 59.1 cm³/mol. The van der Waals surface area contributed by atoms with Gasteiger partial charge in [0.05, 0.1) is 6.04 Å². The number of amides is 2. The molecule has 0 saturated carbocycles. The second-order valence-electron chi connectivity index (χ2n) is 4.65. The first-order valence-corrected chi connectivity index (χ1v) is 5.14. The summed E-state index contributed by atoms with van der Waals surface area (Å²) in [5.74, 6) is -0.311. The van der Waals surface area contributed by atoms with Gasteiger partial charge in [-0.25, -0.2) is 4.79 Å². The Labute approximate surface area is 98.3 Å². The summed E-state index contributed by atoms with van der Waals surface area (Å²) < 4.78 is 5.01. The summed E-state index contributed by atoms with van der Waals surface area (Å²) in [4.78, 5) is 25.2. The average molecular weight is 241 g/mol. The van der Waals surface area contributed by atoms with Crippen LogP contribution < -0.4 is 10.6 Å². The van der Waals surface area contributed by atoms with Crippen molar-refractivity contribution in [1.29, 1.82) is 0 Å². The van der Waals surface area contributed by atoms with E-state index in [9.17, 15) is 9.59 Å². The maximum atomic E-state index is 11.4. The predicted octanol–water partition coefficient (Wildman–Crippen LogP) is 0.688. The number of carbonyl (C=O) groups excluding carboxylic acids is 2. The third-order valence-corrected chi connectivity index (χ3v) is 2.03. The Balaban J connectivity index is 2.46. The number of hydrogen-bond donors (Lipinski definition) is 2. The van der Waals surface area contributed by atoms with Crippen molar-refractivity contribution in [2.45, 2.75) is 38.5 Å². The fraction of sp³-hybridized carbons (Fsp3) is 0.778. The molecule has 1 rings (SSSR count). The van der Waals surface area contributed by atoms with Crippen LogP contribution in [0, 0.1) is 0 Å². The van der Waals surface area contributed by atoms with Crippen molar-refractivity contribution >= 4 is 12.0 Å². The molecule has 2 atom stereocenters. The van der Waals surface area contributed by atoms with E-state index in [1.165, 1.54) is 0 Å². The minimum absolute atomic E-state index is 0.0999. The van der Waals surface area contributed by atoms with E-state index in [-0.39, 0.29) is 18.5 Å². The van der Waals surface area contributed by atoms with E-state index < -0.39 is 17.7 Å². The molecular formula is C9H15N5O3. The van der Waals surface area contributed by atoms with Crippen molar-refractivity contribution in [2.75, 3.05) is 6.54 Å². The van der Waals surface area contributed by atoms with Crippen LogP contribution in [-0.4, -0.2) is 36.2 Å². The van der Waals surface area contributed by atoms with Gasteiger partial charge in [0.1, 0.15) is 11.6 Å². The molecule has 0 unspecified atom stereocenters. The van der Waals surface area contributed by atoms with Crippen molar-refractivity contribution in [3.8, 4) is 0 Å². The summed E-state index contributed by atoms with van der Waals surface area (Å²) in [5.41, 5.74) is 7.53. The Kier molecular flexibility index (Phi) is 3.80. The van der Waals surface area contributed by atoms with Crippen LogP contribution in [0.15, 0.2) is 5.11 Å². The Morgan fingerprint density at radius 3 is 2.76 bits per heavy atom. The largest absolute Gasteiger partial charge is 0.444 e. The summed E-state index contributed by atoms with van der Waals surface area (Å²) in [7, 11) is 0. The number of nitrogens with one attached hydrogen (secondary N) is 2. The molecule has 2 amide bonds. The van der Waals surface area contributed by atoms with Crippen molar-refractivity contribution in [3.05, 3.63) is 10.4 Å². The van der Waals surface area contributed by atoms with Crippen LogP contribution in [-0.2, 0) is 9.53 Å². The Morgan fingerprint density at radius 2 is 2.29 bits per heavy atom. The van der Waals surface area contributed by atoms with Gasteiger partial charge in [-0.2, -0.15) is 0 Å². The molecule has 0 aromatic heterocycles. The highest BCUT2D eigenvalue weighted by atomic mass is 16.6. The molecule has 8 heteroatoms. The Hall–Kier alpha value is -1.95. The highest BCUT2D eigenvalue weighted by Gasteiger charge is 2.40. The van der Waals surface area contributed by atoms with Crippen molar-refractivity contribution in [2.24, 2.45) is 5.11 Å². The molecule has 0 spiro atoms. The second kappa shape index (κ2) is 4.92. The zero-order valence-corrected chi connectivity index (χ0v) is 9.93. The van der Waals surface area contributed by atoms with E-state index in [0.29, 0.717) is 0 Å². The molecule has 0 aliphatic carbocycles. The van der Waals surface area contributed by atoms with Gasteiger partial charge < -0.3 is 15.4 Å². The molecule has 0 radical (unpaired) electrons. The number of nitrogens with zero attached hydrogens (tertiary/aromatic N) is 3. The van der Waals surface area contributed by atoms with Gasteiger partial charge in [0.2, 0.25) is 5.91 Å². The topological polar surface area (TPSA) is 116 Å². The quantitative estimate of drug-likeness (QED) is 0.327. The lowest BCUT2D eigenvalue weighted by Crippen LogP contribution is -2.70. The number of hydrogen-bond acceptors (Lipinski definition) is 4. The molecule has 1 heterocycles. The molecule has 0 bridgehead atoms. The Bertz CT molecular complexity index is 369. The third-order valence-electron chi connectivity index (χ3n) is 2.03. The maximum Gasteiger partial charge on any atom is 0.408 e. The van der Waals surface area contributed by atoms with E-state index in [1.807, 2.05) is 0 Å². The van der Waals surface area contributed by atoms with Gasteiger partial charge >= 0.3 is 6.09 Å². The van der Waals surface area contributed by atoms with Gasteiger partial charge in [0.15, 0.2) is 0 Å². The highest BCUT2D eigenvalue weighted by molar-refractivity contribution is 5.92.